The first-order valence-electron chi connectivity index (χ1n) is 6.40. The topological polar surface area (TPSA) is 55.1 Å². The van der Waals surface area contributed by atoms with Crippen LogP contribution in [-0.4, -0.2) is 11.2 Å². The van der Waals surface area contributed by atoms with E-state index in [4.69, 9.17) is 5.84 Å². The Hall–Kier alpha value is -1.52. The lowest BCUT2D eigenvalue weighted by molar-refractivity contribution is -0.120. The molecular formula is C15H18N2OS. The molecule has 0 heterocycles. The number of hydrogen-bond donors (Lipinski definition) is 2. The van der Waals surface area contributed by atoms with Crippen molar-refractivity contribution in [2.45, 2.75) is 29.9 Å². The lowest BCUT2D eigenvalue weighted by Gasteiger charge is -2.14. The van der Waals surface area contributed by atoms with Crippen LogP contribution in [0.4, 0.5) is 0 Å². The molecule has 4 heteroatoms. The van der Waals surface area contributed by atoms with Crippen molar-refractivity contribution in [2.24, 2.45) is 5.84 Å². The maximum absolute atomic E-state index is 11.7. The van der Waals surface area contributed by atoms with Crippen LogP contribution in [0.3, 0.4) is 0 Å². The molecule has 0 aromatic heterocycles. The van der Waals surface area contributed by atoms with E-state index in [1.165, 1.54) is 10.8 Å². The van der Waals surface area contributed by atoms with E-state index in [-0.39, 0.29) is 11.2 Å². The zero-order valence-corrected chi connectivity index (χ0v) is 11.7. The number of hydrogen-bond acceptors (Lipinski definition) is 3. The Balaban J connectivity index is 2.21. The number of rotatable bonds is 5. The van der Waals surface area contributed by atoms with Crippen molar-refractivity contribution in [3.05, 3.63) is 42.5 Å². The highest BCUT2D eigenvalue weighted by Gasteiger charge is 2.17. The Kier molecular flexibility index (Phi) is 4.82. The fourth-order valence-corrected chi connectivity index (χ4v) is 3.20. The minimum absolute atomic E-state index is 0.111. The van der Waals surface area contributed by atoms with Gasteiger partial charge in [-0.25, -0.2) is 5.84 Å². The third kappa shape index (κ3) is 3.49. The second-order valence-electron chi connectivity index (χ2n) is 4.41. The summed E-state index contributed by atoms with van der Waals surface area (Å²) in [5.74, 6) is 5.12. The molecule has 1 unspecified atom stereocenters. The number of thioether (sulfide) groups is 1. The first-order valence-corrected chi connectivity index (χ1v) is 7.28. The third-order valence-corrected chi connectivity index (χ3v) is 4.25. The number of nitrogens with two attached hydrogens (primary N) is 1. The number of benzene rings is 2. The Morgan fingerprint density at radius 3 is 2.68 bits per heavy atom. The molecule has 0 aliphatic carbocycles. The predicted octanol–water partition coefficient (Wildman–Crippen LogP) is 3.09. The van der Waals surface area contributed by atoms with Gasteiger partial charge in [0.05, 0.1) is 5.25 Å². The average Bonchev–Trinajstić information content (AvgIpc) is 2.46. The van der Waals surface area contributed by atoms with Gasteiger partial charge in [0, 0.05) is 4.90 Å². The summed E-state index contributed by atoms with van der Waals surface area (Å²) in [6.45, 7) is 2.07. The summed E-state index contributed by atoms with van der Waals surface area (Å²) in [5.41, 5.74) is 2.25. The van der Waals surface area contributed by atoms with Crippen molar-refractivity contribution in [2.75, 3.05) is 0 Å². The number of carbonyl (C=O) groups is 1. The van der Waals surface area contributed by atoms with Crippen LogP contribution in [0.5, 0.6) is 0 Å². The first-order chi connectivity index (χ1) is 9.24. The van der Waals surface area contributed by atoms with Gasteiger partial charge in [0.1, 0.15) is 0 Å². The molecule has 2 aromatic carbocycles. The largest absolute Gasteiger partial charge is 0.293 e. The molecule has 0 radical (unpaired) electrons. The van der Waals surface area contributed by atoms with Gasteiger partial charge in [-0.3, -0.25) is 10.2 Å². The molecule has 0 aliphatic rings. The van der Waals surface area contributed by atoms with Gasteiger partial charge < -0.3 is 0 Å². The van der Waals surface area contributed by atoms with Gasteiger partial charge in [-0.15, -0.1) is 11.8 Å². The zero-order chi connectivity index (χ0) is 13.7. The molecule has 0 spiro atoms. The second kappa shape index (κ2) is 6.59. The van der Waals surface area contributed by atoms with E-state index < -0.39 is 0 Å². The fraction of sp³-hybridized carbons (Fsp3) is 0.267. The summed E-state index contributed by atoms with van der Waals surface area (Å²) in [6, 6.07) is 14.5. The summed E-state index contributed by atoms with van der Waals surface area (Å²) in [6.07, 6.45) is 1.78. The van der Waals surface area contributed by atoms with Crippen LogP contribution < -0.4 is 11.3 Å². The molecule has 1 amide bonds. The van der Waals surface area contributed by atoms with Crippen molar-refractivity contribution in [1.82, 2.24) is 5.43 Å². The summed E-state index contributed by atoms with van der Waals surface area (Å²) < 4.78 is 0. The molecule has 0 fully saturated rings. The standard InChI is InChI=1S/C15H18N2OS/c1-2-5-14(15(18)17-16)19-13-9-8-11-6-3-4-7-12(11)10-13/h3-4,6-10,14H,2,5,16H2,1H3,(H,17,18). The highest BCUT2D eigenvalue weighted by Crippen LogP contribution is 2.29. The fourth-order valence-electron chi connectivity index (χ4n) is 2.00. The molecule has 100 valence electrons. The van der Waals surface area contributed by atoms with Gasteiger partial charge >= 0.3 is 0 Å². The molecular weight excluding hydrogens is 256 g/mol. The molecule has 0 saturated carbocycles. The Morgan fingerprint density at radius 2 is 2.00 bits per heavy atom. The van der Waals surface area contributed by atoms with Gasteiger partial charge in [0.15, 0.2) is 0 Å². The monoisotopic (exact) mass is 274 g/mol. The van der Waals surface area contributed by atoms with Crippen LogP contribution in [0, 0.1) is 0 Å². The van der Waals surface area contributed by atoms with E-state index in [1.807, 2.05) is 12.1 Å². The predicted molar refractivity (Wildman–Crippen MR) is 80.8 cm³/mol. The third-order valence-electron chi connectivity index (χ3n) is 2.98. The molecule has 3 N–H and O–H groups in total. The van der Waals surface area contributed by atoms with E-state index in [0.717, 1.165) is 17.7 Å². The van der Waals surface area contributed by atoms with Gasteiger partial charge in [-0.2, -0.15) is 0 Å². The minimum Gasteiger partial charge on any atom is -0.293 e. The van der Waals surface area contributed by atoms with Crippen molar-refractivity contribution in [3.63, 3.8) is 0 Å². The number of hydrazine groups is 1. The number of amides is 1. The summed E-state index contributed by atoms with van der Waals surface area (Å²) >= 11 is 1.57. The molecule has 3 nitrogen and oxygen atoms in total. The van der Waals surface area contributed by atoms with Crippen molar-refractivity contribution in [3.8, 4) is 0 Å². The van der Waals surface area contributed by atoms with Crippen molar-refractivity contribution >= 4 is 28.4 Å². The van der Waals surface area contributed by atoms with Crippen LogP contribution in [0.25, 0.3) is 10.8 Å². The van der Waals surface area contributed by atoms with E-state index in [1.54, 1.807) is 11.8 Å². The van der Waals surface area contributed by atoms with Crippen LogP contribution >= 0.6 is 11.8 Å². The molecule has 0 saturated heterocycles. The minimum atomic E-state index is -0.129. The Labute approximate surface area is 117 Å². The smallest absolute Gasteiger partial charge is 0.247 e. The van der Waals surface area contributed by atoms with Crippen LogP contribution in [-0.2, 0) is 4.79 Å². The van der Waals surface area contributed by atoms with Gasteiger partial charge in [0.2, 0.25) is 5.91 Å². The first kappa shape index (κ1) is 13.9. The Bertz CT molecular complexity index is 571. The van der Waals surface area contributed by atoms with E-state index in [2.05, 4.69) is 42.7 Å². The molecule has 0 bridgehead atoms. The Morgan fingerprint density at radius 1 is 1.26 bits per heavy atom. The van der Waals surface area contributed by atoms with Gasteiger partial charge in [-0.1, -0.05) is 43.7 Å². The average molecular weight is 274 g/mol. The molecule has 2 rings (SSSR count). The quantitative estimate of drug-likeness (QED) is 0.381. The van der Waals surface area contributed by atoms with Crippen LogP contribution in [0.15, 0.2) is 47.4 Å². The van der Waals surface area contributed by atoms with E-state index >= 15 is 0 Å². The molecule has 2 aromatic rings. The maximum atomic E-state index is 11.7. The summed E-state index contributed by atoms with van der Waals surface area (Å²) in [5, 5.41) is 2.27. The normalized spacial score (nSPS) is 12.3. The highest BCUT2D eigenvalue weighted by molar-refractivity contribution is 8.00. The van der Waals surface area contributed by atoms with Crippen LogP contribution in [0.2, 0.25) is 0 Å². The number of carbonyl (C=O) groups excluding carboxylic acids is 1. The summed E-state index contributed by atoms with van der Waals surface area (Å²) in [7, 11) is 0. The lowest BCUT2D eigenvalue weighted by atomic mass is 10.1. The lowest BCUT2D eigenvalue weighted by Crippen LogP contribution is -2.37. The van der Waals surface area contributed by atoms with E-state index in [9.17, 15) is 4.79 Å². The SMILES string of the molecule is CCCC(Sc1ccc2ccccc2c1)C(=O)NN. The number of nitrogens with one attached hydrogen (secondary N) is 1. The molecule has 0 aliphatic heterocycles. The van der Waals surface area contributed by atoms with Crippen LogP contribution in [0.1, 0.15) is 19.8 Å². The van der Waals surface area contributed by atoms with Crippen molar-refractivity contribution < 1.29 is 4.79 Å². The molecule has 19 heavy (non-hydrogen) atoms. The maximum Gasteiger partial charge on any atom is 0.247 e. The number of fused-ring (bicyclic) bond motifs is 1. The molecule has 1 atom stereocenters. The zero-order valence-electron chi connectivity index (χ0n) is 10.9. The second-order valence-corrected chi connectivity index (χ2v) is 5.69. The van der Waals surface area contributed by atoms with Gasteiger partial charge in [0.25, 0.3) is 0 Å². The van der Waals surface area contributed by atoms with Gasteiger partial charge in [-0.05, 0) is 29.3 Å². The highest BCUT2D eigenvalue weighted by atomic mass is 32.2. The van der Waals surface area contributed by atoms with Crippen molar-refractivity contribution in [1.29, 1.82) is 0 Å². The van der Waals surface area contributed by atoms with E-state index in [0.29, 0.717) is 0 Å². The summed E-state index contributed by atoms with van der Waals surface area (Å²) in [4.78, 5) is 12.8.